The van der Waals surface area contributed by atoms with Crippen LogP contribution in [0.3, 0.4) is 0 Å². The van der Waals surface area contributed by atoms with E-state index in [9.17, 15) is 24.5 Å². The number of carbonyl (C=O) groups is 3. The lowest BCUT2D eigenvalue weighted by molar-refractivity contribution is -0.384. The summed E-state index contributed by atoms with van der Waals surface area (Å²) in [6.07, 6.45) is 1.55. The van der Waals surface area contributed by atoms with Gasteiger partial charge in [-0.1, -0.05) is 47.5 Å². The van der Waals surface area contributed by atoms with Crippen molar-refractivity contribution in [1.82, 2.24) is 4.90 Å². The predicted octanol–water partition coefficient (Wildman–Crippen LogP) is 6.36. The molecule has 35 heavy (non-hydrogen) atoms. The number of carbonyl (C=O) groups excluding carboxylic acids is 3. The van der Waals surface area contributed by atoms with E-state index in [-0.39, 0.29) is 28.5 Å². The molecule has 8 nitrogen and oxygen atoms in total. The molecule has 2 amide bonds. The third kappa shape index (κ3) is 5.54. The monoisotopic (exact) mass is 528 g/mol. The Morgan fingerprint density at radius 1 is 1.03 bits per heavy atom. The lowest BCUT2D eigenvalue weighted by Gasteiger charge is -2.14. The molecule has 0 bridgehead atoms. The molecule has 0 N–H and O–H groups in total. The predicted molar refractivity (Wildman–Crippen MR) is 132 cm³/mol. The molecule has 1 aliphatic heterocycles. The smallest absolute Gasteiger partial charge is 0.343 e. The van der Waals surface area contributed by atoms with Crippen molar-refractivity contribution in [3.63, 3.8) is 0 Å². The van der Waals surface area contributed by atoms with Crippen LogP contribution in [-0.4, -0.2) is 26.9 Å². The lowest BCUT2D eigenvalue weighted by Crippen LogP contribution is -2.27. The third-order valence-electron chi connectivity index (χ3n) is 4.93. The largest absolute Gasteiger partial charge is 0.423 e. The molecule has 1 heterocycles. The fourth-order valence-electron chi connectivity index (χ4n) is 3.17. The Hall–Kier alpha value is -3.66. The van der Waals surface area contributed by atoms with Crippen molar-refractivity contribution in [2.75, 3.05) is 0 Å². The number of imide groups is 1. The van der Waals surface area contributed by atoms with Crippen LogP contribution in [0.15, 0.2) is 71.6 Å². The molecule has 0 aromatic heterocycles. The summed E-state index contributed by atoms with van der Waals surface area (Å²) < 4.78 is 5.26. The van der Waals surface area contributed by atoms with Gasteiger partial charge < -0.3 is 4.74 Å². The third-order valence-corrected chi connectivity index (χ3v) is 6.55. The van der Waals surface area contributed by atoms with Gasteiger partial charge in [0, 0.05) is 27.7 Å². The van der Waals surface area contributed by atoms with Crippen LogP contribution in [0, 0.1) is 10.1 Å². The van der Waals surface area contributed by atoms with Crippen molar-refractivity contribution in [2.45, 2.75) is 6.54 Å². The minimum absolute atomic E-state index is 0.0376. The molecule has 176 valence electrons. The standard InChI is InChI=1S/C24H14Cl2N2O6S/c25-19-5-2-6-20(26)18(19)13-27-22(29)21(35-24(27)31)11-14-7-9-17(10-8-14)34-23(30)15-3-1-4-16(12-15)28(32)33/h1-12H,13H2/b21-11-. The van der Waals surface area contributed by atoms with Gasteiger partial charge in [0.1, 0.15) is 5.75 Å². The van der Waals surface area contributed by atoms with Crippen LogP contribution in [0.1, 0.15) is 21.5 Å². The van der Waals surface area contributed by atoms with Crippen LogP contribution in [0.5, 0.6) is 5.75 Å². The summed E-state index contributed by atoms with van der Waals surface area (Å²) in [6, 6.07) is 16.4. The zero-order valence-corrected chi connectivity index (χ0v) is 20.0. The number of hydrogen-bond donors (Lipinski definition) is 0. The summed E-state index contributed by atoms with van der Waals surface area (Å²) in [6.45, 7) is -0.0486. The van der Waals surface area contributed by atoms with E-state index in [2.05, 4.69) is 0 Å². The summed E-state index contributed by atoms with van der Waals surface area (Å²) in [4.78, 5) is 49.1. The van der Waals surface area contributed by atoms with E-state index >= 15 is 0 Å². The lowest BCUT2D eigenvalue weighted by atomic mass is 10.2. The molecule has 1 aliphatic rings. The van der Waals surface area contributed by atoms with Crippen LogP contribution < -0.4 is 4.74 Å². The van der Waals surface area contributed by atoms with E-state index in [1.54, 1.807) is 36.4 Å². The van der Waals surface area contributed by atoms with E-state index in [1.807, 2.05) is 0 Å². The first-order valence-corrected chi connectivity index (χ1v) is 11.5. The molecule has 4 rings (SSSR count). The van der Waals surface area contributed by atoms with Crippen molar-refractivity contribution >= 4 is 63.8 Å². The summed E-state index contributed by atoms with van der Waals surface area (Å²) in [5.41, 5.74) is 0.895. The molecule has 0 radical (unpaired) electrons. The average molecular weight is 529 g/mol. The molecule has 11 heteroatoms. The number of esters is 1. The normalized spacial score (nSPS) is 14.5. The van der Waals surface area contributed by atoms with Gasteiger partial charge in [0.2, 0.25) is 0 Å². The Morgan fingerprint density at radius 2 is 1.69 bits per heavy atom. The highest BCUT2D eigenvalue weighted by molar-refractivity contribution is 8.18. The Balaban J connectivity index is 1.45. The minimum atomic E-state index is -0.749. The quantitative estimate of drug-likeness (QED) is 0.120. The van der Waals surface area contributed by atoms with E-state index in [0.29, 0.717) is 21.2 Å². The van der Waals surface area contributed by atoms with Crippen molar-refractivity contribution in [3.05, 3.63) is 108 Å². The van der Waals surface area contributed by atoms with Crippen LogP contribution in [0.25, 0.3) is 6.08 Å². The van der Waals surface area contributed by atoms with Crippen LogP contribution in [0.2, 0.25) is 10.0 Å². The van der Waals surface area contributed by atoms with Crippen molar-refractivity contribution < 1.29 is 24.0 Å². The van der Waals surface area contributed by atoms with Crippen molar-refractivity contribution in [2.24, 2.45) is 0 Å². The molecule has 0 saturated carbocycles. The Morgan fingerprint density at radius 3 is 2.34 bits per heavy atom. The Labute approximate surface area is 213 Å². The van der Waals surface area contributed by atoms with E-state index in [4.69, 9.17) is 27.9 Å². The molecular weight excluding hydrogens is 515 g/mol. The van der Waals surface area contributed by atoms with Gasteiger partial charge in [-0.3, -0.25) is 24.6 Å². The molecular formula is C24H14Cl2N2O6S. The first-order chi connectivity index (χ1) is 16.7. The van der Waals surface area contributed by atoms with Gasteiger partial charge in [-0.25, -0.2) is 4.79 Å². The first kappa shape index (κ1) is 24.5. The molecule has 1 fully saturated rings. The van der Waals surface area contributed by atoms with Crippen LogP contribution >= 0.6 is 35.0 Å². The maximum absolute atomic E-state index is 12.8. The number of non-ortho nitro benzene ring substituents is 1. The number of ether oxygens (including phenoxy) is 1. The zero-order chi connectivity index (χ0) is 25.1. The number of thioether (sulfide) groups is 1. The number of nitrogens with zero attached hydrogens (tertiary/aromatic N) is 2. The summed E-state index contributed by atoms with van der Waals surface area (Å²) >= 11 is 13.1. The SMILES string of the molecule is O=C(Oc1ccc(/C=C2\SC(=O)N(Cc3c(Cl)cccc3Cl)C2=O)cc1)c1cccc([N+](=O)[O-])c1. The van der Waals surface area contributed by atoms with E-state index in [1.165, 1.54) is 30.3 Å². The number of rotatable bonds is 6. The number of amides is 2. The maximum atomic E-state index is 12.8. The number of hydrogen-bond acceptors (Lipinski definition) is 7. The van der Waals surface area contributed by atoms with E-state index < -0.39 is 22.0 Å². The molecule has 1 saturated heterocycles. The second kappa shape index (κ2) is 10.3. The van der Waals surface area contributed by atoms with Gasteiger partial charge in [0.25, 0.3) is 16.8 Å². The number of benzene rings is 3. The summed E-state index contributed by atoms with van der Waals surface area (Å²) in [5, 5.41) is 11.2. The second-order valence-corrected chi connectivity index (χ2v) is 9.04. The topological polar surface area (TPSA) is 107 Å². The number of halogens is 2. The van der Waals surface area contributed by atoms with Gasteiger partial charge in [-0.05, 0) is 53.7 Å². The summed E-state index contributed by atoms with van der Waals surface area (Å²) in [5.74, 6) is -1.02. The summed E-state index contributed by atoms with van der Waals surface area (Å²) in [7, 11) is 0. The maximum Gasteiger partial charge on any atom is 0.343 e. The molecule has 0 atom stereocenters. The van der Waals surface area contributed by atoms with Gasteiger partial charge in [0.15, 0.2) is 0 Å². The van der Waals surface area contributed by atoms with Gasteiger partial charge in [0.05, 0.1) is 21.9 Å². The highest BCUT2D eigenvalue weighted by atomic mass is 35.5. The number of nitro benzene ring substituents is 1. The van der Waals surface area contributed by atoms with Crippen LogP contribution in [-0.2, 0) is 11.3 Å². The first-order valence-electron chi connectivity index (χ1n) is 9.98. The zero-order valence-electron chi connectivity index (χ0n) is 17.6. The van der Waals surface area contributed by atoms with Crippen LogP contribution in [0.4, 0.5) is 10.5 Å². The highest BCUT2D eigenvalue weighted by Crippen LogP contribution is 2.35. The fraction of sp³-hybridized carbons (Fsp3) is 0.0417. The Bertz CT molecular complexity index is 1370. The van der Waals surface area contributed by atoms with Crippen molar-refractivity contribution in [3.8, 4) is 5.75 Å². The second-order valence-electron chi connectivity index (χ2n) is 7.23. The molecule has 3 aromatic rings. The van der Waals surface area contributed by atoms with Crippen molar-refractivity contribution in [1.29, 1.82) is 0 Å². The van der Waals surface area contributed by atoms with Gasteiger partial charge in [-0.2, -0.15) is 0 Å². The number of nitro groups is 1. The average Bonchev–Trinajstić information content (AvgIpc) is 3.09. The van der Waals surface area contributed by atoms with Gasteiger partial charge in [-0.15, -0.1) is 0 Å². The molecule has 0 aliphatic carbocycles. The molecule has 0 spiro atoms. The minimum Gasteiger partial charge on any atom is -0.423 e. The fourth-order valence-corrected chi connectivity index (χ4v) is 4.53. The molecule has 3 aromatic carbocycles. The van der Waals surface area contributed by atoms with E-state index in [0.717, 1.165) is 22.7 Å². The Kier molecular flexibility index (Phi) is 7.20. The highest BCUT2D eigenvalue weighted by Gasteiger charge is 2.35. The molecule has 0 unspecified atom stereocenters. The van der Waals surface area contributed by atoms with Gasteiger partial charge >= 0.3 is 5.97 Å².